The molecule has 0 aliphatic carbocycles. The Kier molecular flexibility index (Phi) is 5.47. The highest BCUT2D eigenvalue weighted by atomic mass is 35.5. The van der Waals surface area contributed by atoms with Gasteiger partial charge in [-0.3, -0.25) is 0 Å². The van der Waals surface area contributed by atoms with Crippen molar-refractivity contribution in [1.82, 2.24) is 0 Å². The van der Waals surface area contributed by atoms with Gasteiger partial charge < -0.3 is 20.3 Å². The van der Waals surface area contributed by atoms with Crippen LogP contribution in [0.2, 0.25) is 5.02 Å². The summed E-state index contributed by atoms with van der Waals surface area (Å²) in [5, 5.41) is 10.8. The summed E-state index contributed by atoms with van der Waals surface area (Å²) < 4.78 is 11.0. The maximum atomic E-state index is 10.2. The van der Waals surface area contributed by atoms with E-state index in [0.717, 1.165) is 5.56 Å². The molecule has 0 radical (unpaired) electrons. The Bertz CT molecular complexity index is 408. The number of hydrogen-bond donors (Lipinski definition) is 2. The zero-order chi connectivity index (χ0) is 14.6. The normalized spacial score (nSPS) is 14.3. The van der Waals surface area contributed by atoms with Crippen LogP contribution in [0.3, 0.4) is 0 Å². The SMILES string of the molecule is COc1cc(Cl)cc(CN)c1OCC(C)(O)C(C)C. The van der Waals surface area contributed by atoms with E-state index in [9.17, 15) is 5.11 Å². The molecular formula is C14H22ClNO3. The van der Waals surface area contributed by atoms with Gasteiger partial charge in [-0.25, -0.2) is 0 Å². The number of hydrogen-bond acceptors (Lipinski definition) is 4. The molecule has 0 fully saturated rings. The molecule has 0 saturated heterocycles. The molecule has 0 heterocycles. The molecule has 0 spiro atoms. The largest absolute Gasteiger partial charge is 0.493 e. The second kappa shape index (κ2) is 6.46. The van der Waals surface area contributed by atoms with Crippen LogP contribution in [-0.4, -0.2) is 24.4 Å². The van der Waals surface area contributed by atoms with Crippen molar-refractivity contribution in [3.8, 4) is 11.5 Å². The minimum atomic E-state index is -0.920. The summed E-state index contributed by atoms with van der Waals surface area (Å²) in [5.74, 6) is 1.13. The summed E-state index contributed by atoms with van der Waals surface area (Å²) in [4.78, 5) is 0. The lowest BCUT2D eigenvalue weighted by Gasteiger charge is -2.28. The van der Waals surface area contributed by atoms with E-state index in [1.54, 1.807) is 26.2 Å². The summed E-state index contributed by atoms with van der Waals surface area (Å²) in [5.41, 5.74) is 5.52. The molecule has 0 aliphatic rings. The Morgan fingerprint density at radius 1 is 1.42 bits per heavy atom. The van der Waals surface area contributed by atoms with Crippen LogP contribution < -0.4 is 15.2 Å². The Morgan fingerprint density at radius 3 is 2.53 bits per heavy atom. The lowest BCUT2D eigenvalue weighted by Crippen LogP contribution is -2.38. The van der Waals surface area contributed by atoms with Gasteiger partial charge in [0, 0.05) is 23.2 Å². The molecule has 0 amide bonds. The first-order chi connectivity index (χ1) is 8.81. The van der Waals surface area contributed by atoms with Crippen LogP contribution in [0.1, 0.15) is 26.3 Å². The van der Waals surface area contributed by atoms with Crippen molar-refractivity contribution in [1.29, 1.82) is 0 Å². The van der Waals surface area contributed by atoms with Gasteiger partial charge >= 0.3 is 0 Å². The fourth-order valence-corrected chi connectivity index (χ4v) is 1.71. The van der Waals surface area contributed by atoms with E-state index in [0.29, 0.717) is 16.5 Å². The van der Waals surface area contributed by atoms with Gasteiger partial charge in [0.2, 0.25) is 0 Å². The highest BCUT2D eigenvalue weighted by molar-refractivity contribution is 6.30. The predicted octanol–water partition coefficient (Wildman–Crippen LogP) is 2.59. The number of aliphatic hydroxyl groups is 1. The van der Waals surface area contributed by atoms with Gasteiger partial charge in [0.25, 0.3) is 0 Å². The highest BCUT2D eigenvalue weighted by Gasteiger charge is 2.27. The molecular weight excluding hydrogens is 266 g/mol. The molecule has 4 nitrogen and oxygen atoms in total. The maximum absolute atomic E-state index is 10.2. The molecule has 1 rings (SSSR count). The average molecular weight is 288 g/mol. The molecule has 0 aliphatic heterocycles. The lowest BCUT2D eigenvalue weighted by molar-refractivity contribution is -0.0273. The lowest BCUT2D eigenvalue weighted by atomic mass is 9.94. The molecule has 3 N–H and O–H groups in total. The van der Waals surface area contributed by atoms with Crippen LogP contribution >= 0.6 is 11.6 Å². The monoisotopic (exact) mass is 287 g/mol. The third-order valence-corrected chi connectivity index (χ3v) is 3.51. The first-order valence-corrected chi connectivity index (χ1v) is 6.61. The number of halogens is 1. The van der Waals surface area contributed by atoms with Gasteiger partial charge in [-0.15, -0.1) is 0 Å². The Hall–Kier alpha value is -0.970. The third kappa shape index (κ3) is 4.00. The molecule has 5 heteroatoms. The third-order valence-electron chi connectivity index (χ3n) is 3.29. The van der Waals surface area contributed by atoms with Crippen molar-refractivity contribution in [2.24, 2.45) is 11.7 Å². The molecule has 0 bridgehead atoms. The van der Waals surface area contributed by atoms with Crippen molar-refractivity contribution in [2.45, 2.75) is 32.9 Å². The standard InChI is InChI=1S/C14H22ClNO3/c1-9(2)14(3,17)8-19-13-10(7-16)5-11(15)6-12(13)18-4/h5-6,9,17H,7-8,16H2,1-4H3. The highest BCUT2D eigenvalue weighted by Crippen LogP contribution is 2.35. The Morgan fingerprint density at radius 2 is 2.05 bits per heavy atom. The molecule has 108 valence electrons. The van der Waals surface area contributed by atoms with Crippen LogP contribution in [0.5, 0.6) is 11.5 Å². The average Bonchev–Trinajstić information content (AvgIpc) is 2.35. The van der Waals surface area contributed by atoms with E-state index in [1.165, 1.54) is 0 Å². The number of rotatable bonds is 6. The van der Waals surface area contributed by atoms with E-state index in [-0.39, 0.29) is 19.1 Å². The number of nitrogens with two attached hydrogens (primary N) is 1. The predicted molar refractivity (Wildman–Crippen MR) is 76.9 cm³/mol. The zero-order valence-corrected chi connectivity index (χ0v) is 12.6. The first-order valence-electron chi connectivity index (χ1n) is 6.23. The van der Waals surface area contributed by atoms with E-state index < -0.39 is 5.60 Å². The summed E-state index contributed by atoms with van der Waals surface area (Å²) in [6.07, 6.45) is 0. The van der Waals surface area contributed by atoms with Crippen molar-refractivity contribution in [3.63, 3.8) is 0 Å². The van der Waals surface area contributed by atoms with Crippen LogP contribution in [0.4, 0.5) is 0 Å². The minimum absolute atomic E-state index is 0.0760. The van der Waals surface area contributed by atoms with Gasteiger partial charge in [-0.2, -0.15) is 0 Å². The summed E-state index contributed by atoms with van der Waals surface area (Å²) in [6.45, 7) is 6.06. The van der Waals surface area contributed by atoms with Crippen molar-refractivity contribution in [3.05, 3.63) is 22.7 Å². The quantitative estimate of drug-likeness (QED) is 0.844. The molecule has 0 aromatic heterocycles. The number of ether oxygens (including phenoxy) is 2. The number of methoxy groups -OCH3 is 1. The topological polar surface area (TPSA) is 64.7 Å². The molecule has 19 heavy (non-hydrogen) atoms. The van der Waals surface area contributed by atoms with E-state index >= 15 is 0 Å². The maximum Gasteiger partial charge on any atom is 0.165 e. The van der Waals surface area contributed by atoms with Crippen molar-refractivity contribution >= 4 is 11.6 Å². The molecule has 1 aromatic carbocycles. The molecule has 1 aromatic rings. The second-order valence-corrected chi connectivity index (χ2v) is 5.54. The van der Waals surface area contributed by atoms with Gasteiger partial charge in [-0.1, -0.05) is 25.4 Å². The molecule has 0 saturated carbocycles. The van der Waals surface area contributed by atoms with Crippen molar-refractivity contribution in [2.75, 3.05) is 13.7 Å². The summed E-state index contributed by atoms with van der Waals surface area (Å²) >= 11 is 5.98. The fourth-order valence-electron chi connectivity index (χ4n) is 1.47. The van der Waals surface area contributed by atoms with Crippen LogP contribution in [0, 0.1) is 5.92 Å². The minimum Gasteiger partial charge on any atom is -0.493 e. The first kappa shape index (κ1) is 16.1. The van der Waals surface area contributed by atoms with E-state index in [4.69, 9.17) is 26.8 Å². The van der Waals surface area contributed by atoms with Gasteiger partial charge in [-0.05, 0) is 18.9 Å². The fraction of sp³-hybridized carbons (Fsp3) is 0.571. The van der Waals surface area contributed by atoms with Gasteiger partial charge in [0.05, 0.1) is 12.7 Å². The van der Waals surface area contributed by atoms with E-state index in [1.807, 2.05) is 13.8 Å². The van der Waals surface area contributed by atoms with Crippen molar-refractivity contribution < 1.29 is 14.6 Å². The summed E-state index contributed by atoms with van der Waals surface area (Å²) in [7, 11) is 1.54. The van der Waals surface area contributed by atoms with Crippen LogP contribution in [0.15, 0.2) is 12.1 Å². The second-order valence-electron chi connectivity index (χ2n) is 5.10. The Labute approximate surface area is 119 Å². The molecule has 1 unspecified atom stereocenters. The number of benzene rings is 1. The zero-order valence-electron chi connectivity index (χ0n) is 11.9. The van der Waals surface area contributed by atoms with Gasteiger partial charge in [0.1, 0.15) is 6.61 Å². The van der Waals surface area contributed by atoms with Crippen LogP contribution in [-0.2, 0) is 6.54 Å². The van der Waals surface area contributed by atoms with E-state index in [2.05, 4.69) is 0 Å². The van der Waals surface area contributed by atoms with Crippen LogP contribution in [0.25, 0.3) is 0 Å². The molecule has 1 atom stereocenters. The van der Waals surface area contributed by atoms with Gasteiger partial charge in [0.15, 0.2) is 11.5 Å². The summed E-state index contributed by atoms with van der Waals surface area (Å²) in [6, 6.07) is 3.41. The smallest absolute Gasteiger partial charge is 0.165 e. The Balaban J connectivity index is 3.00.